The first-order chi connectivity index (χ1) is 19.8. The second kappa shape index (κ2) is 13.2. The van der Waals surface area contributed by atoms with E-state index in [1.807, 2.05) is 0 Å². The standard InChI is InChI=1S/C29H27ClN4O6S/c1-16-26(28(36)34-19-8-5-6-9-21(19)37-2)27(22-10-7-11-40-22)17(14-31)29(32-16)41-15-25(35)33-20-13-23(38-3)18(30)12-24(20)39-4/h5-13,27,32H,15H2,1-4H3,(H,33,35)(H,34,36)/t27-/m1/s1. The number of allylic oxidation sites excluding steroid dienone is 2. The molecule has 0 saturated heterocycles. The Morgan fingerprint density at radius 1 is 1.02 bits per heavy atom. The van der Waals surface area contributed by atoms with Crippen LogP contribution in [-0.4, -0.2) is 38.9 Å². The number of benzene rings is 2. The molecule has 0 bridgehead atoms. The monoisotopic (exact) mass is 594 g/mol. The number of para-hydroxylation sites is 2. The van der Waals surface area contributed by atoms with E-state index in [9.17, 15) is 14.9 Å². The van der Waals surface area contributed by atoms with E-state index in [0.29, 0.717) is 55.7 Å². The van der Waals surface area contributed by atoms with Crippen LogP contribution in [-0.2, 0) is 9.59 Å². The van der Waals surface area contributed by atoms with Crippen molar-refractivity contribution >= 4 is 46.6 Å². The maximum absolute atomic E-state index is 13.6. The summed E-state index contributed by atoms with van der Waals surface area (Å²) >= 11 is 7.28. The van der Waals surface area contributed by atoms with Crippen LogP contribution in [0.15, 0.2) is 81.1 Å². The smallest absolute Gasteiger partial charge is 0.254 e. The number of carbonyl (C=O) groups excluding carboxylic acids is 2. The fourth-order valence-electron chi connectivity index (χ4n) is 4.29. The first-order valence-corrected chi connectivity index (χ1v) is 13.6. The third-order valence-corrected chi connectivity index (χ3v) is 7.48. The van der Waals surface area contributed by atoms with Crippen molar-refractivity contribution in [3.05, 3.63) is 87.4 Å². The van der Waals surface area contributed by atoms with E-state index in [1.54, 1.807) is 55.5 Å². The van der Waals surface area contributed by atoms with Crippen LogP contribution in [0.25, 0.3) is 0 Å². The van der Waals surface area contributed by atoms with Crippen molar-refractivity contribution in [1.29, 1.82) is 5.26 Å². The fraction of sp³-hybridized carbons (Fsp3) is 0.207. The number of hydrogen-bond donors (Lipinski definition) is 3. The highest BCUT2D eigenvalue weighted by Gasteiger charge is 2.36. The van der Waals surface area contributed by atoms with E-state index in [-0.39, 0.29) is 17.2 Å². The summed E-state index contributed by atoms with van der Waals surface area (Å²) in [6.45, 7) is 1.73. The predicted octanol–water partition coefficient (Wildman–Crippen LogP) is 5.67. The molecule has 41 heavy (non-hydrogen) atoms. The van der Waals surface area contributed by atoms with E-state index < -0.39 is 11.8 Å². The molecule has 4 rings (SSSR count). The SMILES string of the molecule is COc1cc(NC(=O)CSC2=C(C#N)[C@H](c3ccco3)C(C(=O)Nc3ccccc3OC)=C(C)N2)c(OC)cc1Cl. The molecule has 3 aromatic rings. The molecule has 2 amide bonds. The van der Waals surface area contributed by atoms with Crippen LogP contribution < -0.4 is 30.2 Å². The Bertz CT molecular complexity index is 1560. The molecule has 212 valence electrons. The van der Waals surface area contributed by atoms with Crippen molar-refractivity contribution in [3.63, 3.8) is 0 Å². The van der Waals surface area contributed by atoms with E-state index in [4.69, 9.17) is 30.2 Å². The number of ether oxygens (including phenoxy) is 3. The van der Waals surface area contributed by atoms with Crippen molar-refractivity contribution in [1.82, 2.24) is 5.32 Å². The number of halogens is 1. The van der Waals surface area contributed by atoms with Gasteiger partial charge < -0.3 is 34.6 Å². The maximum Gasteiger partial charge on any atom is 0.254 e. The molecule has 1 aromatic heterocycles. The number of anilines is 2. The van der Waals surface area contributed by atoms with Gasteiger partial charge in [0.25, 0.3) is 5.91 Å². The fourth-order valence-corrected chi connectivity index (χ4v) is 5.41. The van der Waals surface area contributed by atoms with Crippen LogP contribution in [0.5, 0.6) is 17.2 Å². The molecule has 1 aliphatic heterocycles. The van der Waals surface area contributed by atoms with Gasteiger partial charge in [0.05, 0.1) is 77.9 Å². The summed E-state index contributed by atoms with van der Waals surface area (Å²) in [4.78, 5) is 26.5. The highest BCUT2D eigenvalue weighted by Crippen LogP contribution is 2.42. The highest BCUT2D eigenvalue weighted by molar-refractivity contribution is 8.03. The van der Waals surface area contributed by atoms with Gasteiger partial charge in [0, 0.05) is 17.8 Å². The van der Waals surface area contributed by atoms with Crippen molar-refractivity contribution < 1.29 is 28.2 Å². The Morgan fingerprint density at radius 3 is 2.41 bits per heavy atom. The molecule has 0 saturated carbocycles. The second-order valence-electron chi connectivity index (χ2n) is 8.65. The Balaban J connectivity index is 1.59. The van der Waals surface area contributed by atoms with Crippen molar-refractivity contribution in [3.8, 4) is 23.3 Å². The number of thioether (sulfide) groups is 1. The van der Waals surface area contributed by atoms with Gasteiger partial charge in [0.1, 0.15) is 23.0 Å². The van der Waals surface area contributed by atoms with Crippen LogP contribution in [0.3, 0.4) is 0 Å². The molecule has 0 fully saturated rings. The van der Waals surface area contributed by atoms with Crippen LogP contribution in [0.4, 0.5) is 11.4 Å². The minimum absolute atomic E-state index is 0.0531. The lowest BCUT2D eigenvalue weighted by molar-refractivity contribution is -0.114. The zero-order valence-corrected chi connectivity index (χ0v) is 24.2. The van der Waals surface area contributed by atoms with E-state index in [1.165, 1.54) is 27.6 Å². The molecule has 0 aliphatic carbocycles. The highest BCUT2D eigenvalue weighted by atomic mass is 35.5. The zero-order chi connectivity index (χ0) is 29.5. The molecule has 2 aromatic carbocycles. The summed E-state index contributed by atoms with van der Waals surface area (Å²) in [5, 5.41) is 19.8. The lowest BCUT2D eigenvalue weighted by atomic mass is 9.85. The largest absolute Gasteiger partial charge is 0.495 e. The predicted molar refractivity (Wildman–Crippen MR) is 157 cm³/mol. The van der Waals surface area contributed by atoms with Crippen LogP contribution in [0, 0.1) is 11.3 Å². The quantitative estimate of drug-likeness (QED) is 0.271. The summed E-state index contributed by atoms with van der Waals surface area (Å²) in [5.41, 5.74) is 1.90. The molecular formula is C29H27ClN4O6S. The Labute approximate surface area is 246 Å². The number of amides is 2. The van der Waals surface area contributed by atoms with Gasteiger partial charge in [-0.05, 0) is 31.2 Å². The number of furan rings is 1. The van der Waals surface area contributed by atoms with Crippen LogP contribution in [0.1, 0.15) is 18.6 Å². The van der Waals surface area contributed by atoms with Gasteiger partial charge in [-0.1, -0.05) is 35.5 Å². The normalized spacial score (nSPS) is 14.6. The summed E-state index contributed by atoms with van der Waals surface area (Å²) in [7, 11) is 4.44. The van der Waals surface area contributed by atoms with Crippen molar-refractivity contribution in [2.45, 2.75) is 12.8 Å². The Morgan fingerprint density at radius 2 is 1.76 bits per heavy atom. The first-order valence-electron chi connectivity index (χ1n) is 12.2. The Kier molecular flexibility index (Phi) is 9.49. The van der Waals surface area contributed by atoms with E-state index >= 15 is 0 Å². The van der Waals surface area contributed by atoms with E-state index in [0.717, 1.165) is 11.8 Å². The second-order valence-corrected chi connectivity index (χ2v) is 10.0. The van der Waals surface area contributed by atoms with E-state index in [2.05, 4.69) is 22.0 Å². The first kappa shape index (κ1) is 29.5. The Hall–Kier alpha value is -4.53. The molecule has 0 unspecified atom stereocenters. The number of hydrogen-bond acceptors (Lipinski definition) is 9. The summed E-state index contributed by atoms with van der Waals surface area (Å²) in [6, 6.07) is 15.7. The summed E-state index contributed by atoms with van der Waals surface area (Å²) in [5.74, 6) is -0.0120. The number of methoxy groups -OCH3 is 3. The summed E-state index contributed by atoms with van der Waals surface area (Å²) in [6.07, 6.45) is 1.48. The van der Waals surface area contributed by atoms with Gasteiger partial charge in [0.15, 0.2) is 0 Å². The number of rotatable bonds is 10. The molecule has 3 N–H and O–H groups in total. The molecular weight excluding hydrogens is 568 g/mol. The third-order valence-electron chi connectivity index (χ3n) is 6.17. The average molecular weight is 595 g/mol. The van der Waals surface area contributed by atoms with Crippen LogP contribution in [0.2, 0.25) is 5.02 Å². The molecule has 1 atom stereocenters. The zero-order valence-electron chi connectivity index (χ0n) is 22.7. The van der Waals surface area contributed by atoms with Gasteiger partial charge in [-0.15, -0.1) is 0 Å². The number of nitrogens with one attached hydrogen (secondary N) is 3. The van der Waals surface area contributed by atoms with Gasteiger partial charge in [0.2, 0.25) is 5.91 Å². The topological polar surface area (TPSA) is 135 Å². The minimum Gasteiger partial charge on any atom is -0.495 e. The number of dihydropyridines is 1. The molecule has 10 nitrogen and oxygen atoms in total. The van der Waals surface area contributed by atoms with Crippen molar-refractivity contribution in [2.75, 3.05) is 37.7 Å². The number of carbonyl (C=O) groups is 2. The van der Waals surface area contributed by atoms with Gasteiger partial charge in [-0.2, -0.15) is 5.26 Å². The van der Waals surface area contributed by atoms with Gasteiger partial charge >= 0.3 is 0 Å². The summed E-state index contributed by atoms with van der Waals surface area (Å²) < 4.78 is 21.6. The molecule has 12 heteroatoms. The van der Waals surface area contributed by atoms with Crippen LogP contribution >= 0.6 is 23.4 Å². The maximum atomic E-state index is 13.6. The van der Waals surface area contributed by atoms with Gasteiger partial charge in [-0.25, -0.2) is 0 Å². The molecule has 1 aliphatic rings. The minimum atomic E-state index is -0.808. The lowest BCUT2D eigenvalue weighted by Crippen LogP contribution is -2.31. The average Bonchev–Trinajstić information content (AvgIpc) is 3.51. The number of nitrogens with zero attached hydrogens (tertiary/aromatic N) is 1. The molecule has 0 spiro atoms. The lowest BCUT2D eigenvalue weighted by Gasteiger charge is -2.28. The van der Waals surface area contributed by atoms with Gasteiger partial charge in [-0.3, -0.25) is 9.59 Å². The third kappa shape index (κ3) is 6.45. The molecule has 0 radical (unpaired) electrons. The molecule has 2 heterocycles. The number of nitriles is 1. The van der Waals surface area contributed by atoms with Crippen molar-refractivity contribution in [2.24, 2.45) is 0 Å².